The van der Waals surface area contributed by atoms with Crippen molar-refractivity contribution in [3.63, 3.8) is 0 Å². The molecule has 1 heterocycles. The molecule has 19 heavy (non-hydrogen) atoms. The molecule has 2 aromatic rings. The number of pyridine rings is 1. The van der Waals surface area contributed by atoms with E-state index >= 15 is 0 Å². The molecule has 0 amide bonds. The molecule has 1 N–H and O–H groups in total. The van der Waals surface area contributed by atoms with Crippen LogP contribution in [0.4, 0.5) is 5.69 Å². The molecule has 0 spiro atoms. The summed E-state index contributed by atoms with van der Waals surface area (Å²) in [5, 5.41) is 4.43. The number of aryl methyl sites for hydroxylation is 1. The van der Waals surface area contributed by atoms with Gasteiger partial charge in [0.15, 0.2) is 0 Å². The largest absolute Gasteiger partial charge is 0.497 e. The summed E-state index contributed by atoms with van der Waals surface area (Å²) < 4.78 is 10.8. The van der Waals surface area contributed by atoms with Gasteiger partial charge in [-0.25, -0.2) is 0 Å². The van der Waals surface area contributed by atoms with Crippen LogP contribution in [0.25, 0.3) is 10.9 Å². The van der Waals surface area contributed by atoms with Crippen LogP contribution >= 0.6 is 0 Å². The van der Waals surface area contributed by atoms with Crippen LogP contribution in [-0.4, -0.2) is 25.7 Å². The molecule has 0 saturated carbocycles. The number of ether oxygens (including phenoxy) is 2. The van der Waals surface area contributed by atoms with Crippen LogP contribution < -0.4 is 14.8 Å². The minimum Gasteiger partial charge on any atom is -0.497 e. The maximum absolute atomic E-state index is 5.47. The van der Waals surface area contributed by atoms with Crippen molar-refractivity contribution >= 4 is 16.6 Å². The zero-order valence-electron chi connectivity index (χ0n) is 11.9. The number of nitrogens with zero attached hydrogens (tertiary/aromatic N) is 1. The van der Waals surface area contributed by atoms with Crippen molar-refractivity contribution in [3.05, 3.63) is 23.9 Å². The lowest BCUT2D eigenvalue weighted by Crippen LogP contribution is -2.03. The van der Waals surface area contributed by atoms with Crippen molar-refractivity contribution < 1.29 is 9.47 Å². The Kier molecular flexibility index (Phi) is 4.10. The number of aromatic nitrogens is 1. The molecule has 0 aliphatic rings. The molecule has 0 fully saturated rings. The number of rotatable bonds is 5. The van der Waals surface area contributed by atoms with E-state index in [1.54, 1.807) is 14.2 Å². The maximum Gasteiger partial charge on any atom is 0.134 e. The Bertz CT molecular complexity index is 582. The summed E-state index contributed by atoms with van der Waals surface area (Å²) in [4.78, 5) is 4.56. The topological polar surface area (TPSA) is 43.4 Å². The highest BCUT2D eigenvalue weighted by atomic mass is 16.5. The normalized spacial score (nSPS) is 10.5. The second-order valence-corrected chi connectivity index (χ2v) is 4.46. The van der Waals surface area contributed by atoms with Crippen LogP contribution in [0.5, 0.6) is 11.5 Å². The molecule has 0 aliphatic heterocycles. The number of hydrogen-bond acceptors (Lipinski definition) is 4. The van der Waals surface area contributed by atoms with Crippen LogP contribution in [0.1, 0.15) is 19.0 Å². The minimum atomic E-state index is 0.754. The van der Waals surface area contributed by atoms with Crippen molar-refractivity contribution in [2.45, 2.75) is 20.3 Å². The number of nitrogens with one attached hydrogen (secondary N) is 1. The SMILES string of the molecule is CCCNc1cc(C)nc2cc(OC)cc(OC)c12. The highest BCUT2D eigenvalue weighted by molar-refractivity contribution is 5.97. The molecule has 1 aromatic heterocycles. The molecule has 0 radical (unpaired) electrons. The van der Waals surface area contributed by atoms with E-state index in [2.05, 4.69) is 17.2 Å². The number of benzene rings is 1. The van der Waals surface area contributed by atoms with Crippen molar-refractivity contribution in [1.82, 2.24) is 4.98 Å². The maximum atomic E-state index is 5.47. The van der Waals surface area contributed by atoms with Crippen molar-refractivity contribution in [2.75, 3.05) is 26.1 Å². The molecule has 1 aromatic carbocycles. The van der Waals surface area contributed by atoms with E-state index < -0.39 is 0 Å². The van der Waals surface area contributed by atoms with E-state index in [0.717, 1.165) is 46.7 Å². The van der Waals surface area contributed by atoms with Crippen molar-refractivity contribution in [2.24, 2.45) is 0 Å². The zero-order chi connectivity index (χ0) is 13.8. The Morgan fingerprint density at radius 1 is 1.16 bits per heavy atom. The van der Waals surface area contributed by atoms with Gasteiger partial charge >= 0.3 is 0 Å². The Labute approximate surface area is 113 Å². The summed E-state index contributed by atoms with van der Waals surface area (Å²) in [6, 6.07) is 5.87. The molecule has 0 bridgehead atoms. The average Bonchev–Trinajstić information content (AvgIpc) is 2.42. The van der Waals surface area contributed by atoms with Gasteiger partial charge in [0.2, 0.25) is 0 Å². The van der Waals surface area contributed by atoms with Crippen molar-refractivity contribution in [3.8, 4) is 11.5 Å². The zero-order valence-corrected chi connectivity index (χ0v) is 11.9. The first-order valence-electron chi connectivity index (χ1n) is 6.46. The first-order valence-corrected chi connectivity index (χ1v) is 6.46. The highest BCUT2D eigenvalue weighted by Crippen LogP contribution is 2.35. The molecular weight excluding hydrogens is 240 g/mol. The fraction of sp³-hybridized carbons (Fsp3) is 0.400. The van der Waals surface area contributed by atoms with Gasteiger partial charge in [-0.1, -0.05) is 6.92 Å². The standard InChI is InChI=1S/C15H20N2O2/c1-5-6-16-12-7-10(2)17-13-8-11(18-3)9-14(19-4)15(12)13/h7-9H,5-6H2,1-4H3,(H,16,17). The van der Waals surface area contributed by atoms with E-state index in [9.17, 15) is 0 Å². The van der Waals surface area contributed by atoms with Gasteiger partial charge in [-0.2, -0.15) is 0 Å². The highest BCUT2D eigenvalue weighted by Gasteiger charge is 2.11. The van der Waals surface area contributed by atoms with Crippen LogP contribution in [0.3, 0.4) is 0 Å². The van der Waals surface area contributed by atoms with Crippen LogP contribution in [0.2, 0.25) is 0 Å². The smallest absolute Gasteiger partial charge is 0.134 e. The second kappa shape index (κ2) is 5.78. The summed E-state index contributed by atoms with van der Waals surface area (Å²) >= 11 is 0. The van der Waals surface area contributed by atoms with Gasteiger partial charge < -0.3 is 14.8 Å². The molecule has 0 aliphatic carbocycles. The third kappa shape index (κ3) is 2.72. The summed E-state index contributed by atoms with van der Waals surface area (Å²) in [7, 11) is 3.31. The van der Waals surface area contributed by atoms with E-state index in [4.69, 9.17) is 9.47 Å². The van der Waals surface area contributed by atoms with Gasteiger partial charge in [0, 0.05) is 30.1 Å². The van der Waals surface area contributed by atoms with Gasteiger partial charge in [0.25, 0.3) is 0 Å². The third-order valence-corrected chi connectivity index (χ3v) is 3.00. The van der Waals surface area contributed by atoms with Crippen LogP contribution in [-0.2, 0) is 0 Å². The Morgan fingerprint density at radius 2 is 1.95 bits per heavy atom. The summed E-state index contributed by atoms with van der Waals surface area (Å²) in [6.07, 6.45) is 1.07. The van der Waals surface area contributed by atoms with Crippen LogP contribution in [0, 0.1) is 6.92 Å². The monoisotopic (exact) mass is 260 g/mol. The Morgan fingerprint density at radius 3 is 2.58 bits per heavy atom. The lowest BCUT2D eigenvalue weighted by atomic mass is 10.1. The molecule has 4 nitrogen and oxygen atoms in total. The molecule has 4 heteroatoms. The van der Waals surface area contributed by atoms with Gasteiger partial charge in [-0.05, 0) is 19.4 Å². The lowest BCUT2D eigenvalue weighted by Gasteiger charge is -2.14. The minimum absolute atomic E-state index is 0.754. The van der Waals surface area contributed by atoms with Gasteiger partial charge in [0.05, 0.1) is 25.1 Å². The Balaban J connectivity index is 2.66. The predicted molar refractivity (Wildman–Crippen MR) is 78.4 cm³/mol. The summed E-state index contributed by atoms with van der Waals surface area (Å²) in [5.74, 6) is 1.53. The fourth-order valence-electron chi connectivity index (χ4n) is 2.12. The summed E-state index contributed by atoms with van der Waals surface area (Å²) in [6.45, 7) is 5.06. The molecule has 0 saturated heterocycles. The van der Waals surface area contributed by atoms with E-state index in [1.807, 2.05) is 25.1 Å². The van der Waals surface area contributed by atoms with E-state index in [0.29, 0.717) is 0 Å². The van der Waals surface area contributed by atoms with Crippen LogP contribution in [0.15, 0.2) is 18.2 Å². The fourth-order valence-corrected chi connectivity index (χ4v) is 2.12. The first kappa shape index (κ1) is 13.5. The van der Waals surface area contributed by atoms with Crippen molar-refractivity contribution in [1.29, 1.82) is 0 Å². The van der Waals surface area contributed by atoms with E-state index in [1.165, 1.54) is 0 Å². The predicted octanol–water partition coefficient (Wildman–Crippen LogP) is 3.38. The number of hydrogen-bond donors (Lipinski definition) is 1. The second-order valence-electron chi connectivity index (χ2n) is 4.46. The average molecular weight is 260 g/mol. The molecule has 102 valence electrons. The number of fused-ring (bicyclic) bond motifs is 1. The summed E-state index contributed by atoms with van der Waals surface area (Å²) in [5.41, 5.74) is 2.92. The first-order chi connectivity index (χ1) is 9.19. The Hall–Kier alpha value is -1.97. The number of methoxy groups -OCH3 is 2. The quantitative estimate of drug-likeness (QED) is 0.895. The lowest BCUT2D eigenvalue weighted by molar-refractivity contribution is 0.398. The molecule has 0 atom stereocenters. The molecule has 2 rings (SSSR count). The van der Waals surface area contributed by atoms with Gasteiger partial charge in [-0.15, -0.1) is 0 Å². The van der Waals surface area contributed by atoms with Gasteiger partial charge in [-0.3, -0.25) is 4.98 Å². The van der Waals surface area contributed by atoms with Gasteiger partial charge in [0.1, 0.15) is 11.5 Å². The third-order valence-electron chi connectivity index (χ3n) is 3.00. The molecule has 0 unspecified atom stereocenters. The van der Waals surface area contributed by atoms with E-state index in [-0.39, 0.29) is 0 Å². The molecular formula is C15H20N2O2. The number of anilines is 1.